The van der Waals surface area contributed by atoms with Crippen molar-refractivity contribution in [2.45, 2.75) is 19.1 Å². The van der Waals surface area contributed by atoms with Crippen LogP contribution in [0.25, 0.3) is 0 Å². The molecule has 1 N–H and O–H groups in total. The van der Waals surface area contributed by atoms with E-state index in [1.54, 1.807) is 6.07 Å². The van der Waals surface area contributed by atoms with Crippen LogP contribution in [-0.2, 0) is 4.79 Å². The number of carbonyl (C=O) groups excluding carboxylic acids is 1. The zero-order valence-electron chi connectivity index (χ0n) is 9.00. The minimum atomic E-state index is -0.623. The third kappa shape index (κ3) is 3.12. The average molecular weight is 262 g/mol. The molecule has 1 atom stereocenters. The maximum Gasteiger partial charge on any atom is 0.237 e. The van der Waals surface area contributed by atoms with Gasteiger partial charge in [-0.25, -0.2) is 4.39 Å². The standard InChI is InChI=1S/C11H13ClFNOS/c1-6(2)10(16)11(15)14-8-5-3-4-7(12)9(8)13/h3-6,10,16H,1-2H3,(H,14,15). The third-order valence-electron chi connectivity index (χ3n) is 2.11. The van der Waals surface area contributed by atoms with E-state index in [1.807, 2.05) is 13.8 Å². The van der Waals surface area contributed by atoms with Crippen molar-refractivity contribution in [3.63, 3.8) is 0 Å². The summed E-state index contributed by atoms with van der Waals surface area (Å²) in [4.78, 5) is 11.6. The Morgan fingerprint density at radius 1 is 1.50 bits per heavy atom. The number of anilines is 1. The zero-order valence-corrected chi connectivity index (χ0v) is 10.6. The molecule has 0 aliphatic heterocycles. The van der Waals surface area contributed by atoms with Crippen molar-refractivity contribution >= 4 is 35.8 Å². The summed E-state index contributed by atoms with van der Waals surface area (Å²) < 4.78 is 13.5. The van der Waals surface area contributed by atoms with E-state index >= 15 is 0 Å². The zero-order chi connectivity index (χ0) is 12.3. The highest BCUT2D eigenvalue weighted by atomic mass is 35.5. The van der Waals surface area contributed by atoms with Gasteiger partial charge in [0.15, 0.2) is 5.82 Å². The van der Waals surface area contributed by atoms with Crippen LogP contribution in [0.3, 0.4) is 0 Å². The molecule has 0 saturated carbocycles. The molecular formula is C11H13ClFNOS. The molecule has 1 aromatic carbocycles. The summed E-state index contributed by atoms with van der Waals surface area (Å²) in [6.07, 6.45) is 0. The van der Waals surface area contributed by atoms with E-state index < -0.39 is 11.1 Å². The largest absolute Gasteiger partial charge is 0.323 e. The van der Waals surface area contributed by atoms with E-state index in [4.69, 9.17) is 11.6 Å². The van der Waals surface area contributed by atoms with Crippen LogP contribution in [0.1, 0.15) is 13.8 Å². The van der Waals surface area contributed by atoms with Gasteiger partial charge in [0.25, 0.3) is 0 Å². The Bertz CT molecular complexity index is 398. The summed E-state index contributed by atoms with van der Waals surface area (Å²) in [5, 5.41) is 1.97. The first kappa shape index (κ1) is 13.3. The van der Waals surface area contributed by atoms with E-state index in [9.17, 15) is 9.18 Å². The predicted octanol–water partition coefficient (Wildman–Crippen LogP) is 3.37. The minimum Gasteiger partial charge on any atom is -0.323 e. The summed E-state index contributed by atoms with van der Waals surface area (Å²) in [7, 11) is 0. The van der Waals surface area contributed by atoms with Crippen molar-refractivity contribution < 1.29 is 9.18 Å². The first-order valence-corrected chi connectivity index (χ1v) is 5.76. The van der Waals surface area contributed by atoms with Crippen LogP contribution < -0.4 is 5.32 Å². The normalized spacial score (nSPS) is 12.6. The van der Waals surface area contributed by atoms with Gasteiger partial charge in [0.05, 0.1) is 16.0 Å². The molecule has 0 aromatic heterocycles. The monoisotopic (exact) mass is 261 g/mol. The highest BCUT2D eigenvalue weighted by Crippen LogP contribution is 2.23. The lowest BCUT2D eigenvalue weighted by atomic mass is 10.1. The Kier molecular flexibility index (Phi) is 4.62. The Hall–Kier alpha value is -0.740. The molecule has 0 aliphatic rings. The Balaban J connectivity index is 2.81. The van der Waals surface area contributed by atoms with Crippen molar-refractivity contribution in [3.8, 4) is 0 Å². The predicted molar refractivity (Wildman–Crippen MR) is 67.7 cm³/mol. The van der Waals surface area contributed by atoms with Crippen LogP contribution in [0.4, 0.5) is 10.1 Å². The SMILES string of the molecule is CC(C)C(S)C(=O)Nc1cccc(Cl)c1F. The van der Waals surface area contributed by atoms with Gasteiger partial charge in [-0.05, 0) is 18.1 Å². The Morgan fingerprint density at radius 2 is 2.12 bits per heavy atom. The molecule has 0 bridgehead atoms. The first-order chi connectivity index (χ1) is 7.43. The van der Waals surface area contributed by atoms with Gasteiger partial charge in [-0.15, -0.1) is 0 Å². The number of halogens is 2. The molecule has 0 radical (unpaired) electrons. The maximum absolute atomic E-state index is 13.5. The molecule has 2 nitrogen and oxygen atoms in total. The second kappa shape index (κ2) is 5.55. The van der Waals surface area contributed by atoms with Crippen LogP contribution in [0, 0.1) is 11.7 Å². The molecule has 1 amide bonds. The van der Waals surface area contributed by atoms with Crippen molar-refractivity contribution in [1.29, 1.82) is 0 Å². The summed E-state index contributed by atoms with van der Waals surface area (Å²) in [5.74, 6) is -0.883. The van der Waals surface area contributed by atoms with E-state index in [2.05, 4.69) is 17.9 Å². The Labute approximate surface area is 105 Å². The van der Waals surface area contributed by atoms with Crippen LogP contribution in [-0.4, -0.2) is 11.2 Å². The fourth-order valence-corrected chi connectivity index (χ4v) is 1.35. The highest BCUT2D eigenvalue weighted by Gasteiger charge is 2.19. The summed E-state index contributed by atoms with van der Waals surface area (Å²) in [5.41, 5.74) is 0.0807. The molecule has 1 unspecified atom stereocenters. The smallest absolute Gasteiger partial charge is 0.237 e. The van der Waals surface area contributed by atoms with Crippen molar-refractivity contribution in [2.24, 2.45) is 5.92 Å². The van der Waals surface area contributed by atoms with Gasteiger partial charge in [0.2, 0.25) is 5.91 Å². The van der Waals surface area contributed by atoms with Gasteiger partial charge >= 0.3 is 0 Å². The van der Waals surface area contributed by atoms with E-state index in [0.717, 1.165) is 0 Å². The molecule has 0 saturated heterocycles. The summed E-state index contributed by atoms with van der Waals surface area (Å²) in [6, 6.07) is 4.46. The molecule has 1 rings (SSSR count). The molecule has 0 aliphatic carbocycles. The van der Waals surface area contributed by atoms with Crippen LogP contribution in [0.2, 0.25) is 5.02 Å². The average Bonchev–Trinajstić information content (AvgIpc) is 2.23. The van der Waals surface area contributed by atoms with Crippen LogP contribution in [0.5, 0.6) is 0 Å². The van der Waals surface area contributed by atoms with Gasteiger partial charge in [-0.3, -0.25) is 4.79 Å². The molecule has 1 aromatic rings. The molecule has 0 heterocycles. The van der Waals surface area contributed by atoms with E-state index in [1.165, 1.54) is 12.1 Å². The first-order valence-electron chi connectivity index (χ1n) is 4.86. The van der Waals surface area contributed by atoms with Crippen molar-refractivity contribution in [2.75, 3.05) is 5.32 Å². The fraction of sp³-hybridized carbons (Fsp3) is 0.364. The van der Waals surface area contributed by atoms with Gasteiger partial charge < -0.3 is 5.32 Å². The number of carbonyl (C=O) groups is 1. The molecule has 0 fully saturated rings. The van der Waals surface area contributed by atoms with Gasteiger partial charge in [-0.1, -0.05) is 31.5 Å². The van der Waals surface area contributed by atoms with Crippen molar-refractivity contribution in [3.05, 3.63) is 29.0 Å². The number of rotatable bonds is 3. The van der Waals surface area contributed by atoms with Gasteiger partial charge in [0.1, 0.15) is 0 Å². The highest BCUT2D eigenvalue weighted by molar-refractivity contribution is 7.81. The summed E-state index contributed by atoms with van der Waals surface area (Å²) in [6.45, 7) is 3.73. The molecule has 16 heavy (non-hydrogen) atoms. The quantitative estimate of drug-likeness (QED) is 0.803. The molecule has 0 spiro atoms. The van der Waals surface area contributed by atoms with Crippen LogP contribution in [0.15, 0.2) is 18.2 Å². The topological polar surface area (TPSA) is 29.1 Å². The van der Waals surface area contributed by atoms with Crippen LogP contribution >= 0.6 is 24.2 Å². The van der Waals surface area contributed by atoms with Crippen molar-refractivity contribution in [1.82, 2.24) is 0 Å². The number of amides is 1. The number of nitrogens with one attached hydrogen (secondary N) is 1. The molecule has 88 valence electrons. The van der Waals surface area contributed by atoms with E-state index in [0.29, 0.717) is 0 Å². The number of hydrogen-bond acceptors (Lipinski definition) is 2. The van der Waals surface area contributed by atoms with Gasteiger partial charge in [0, 0.05) is 0 Å². The third-order valence-corrected chi connectivity index (χ3v) is 3.23. The second-order valence-corrected chi connectivity index (χ2v) is 4.74. The number of thiol groups is 1. The minimum absolute atomic E-state index is 0.0157. The number of benzene rings is 1. The van der Waals surface area contributed by atoms with E-state index in [-0.39, 0.29) is 22.5 Å². The lowest BCUT2D eigenvalue weighted by molar-refractivity contribution is -0.116. The second-order valence-electron chi connectivity index (χ2n) is 3.78. The molecule has 5 heteroatoms. The summed E-state index contributed by atoms with van der Waals surface area (Å²) >= 11 is 9.74. The fourth-order valence-electron chi connectivity index (χ4n) is 1.11. The Morgan fingerprint density at radius 3 is 2.69 bits per heavy atom. The maximum atomic E-state index is 13.5. The lowest BCUT2D eigenvalue weighted by Crippen LogP contribution is -2.27. The molecular weight excluding hydrogens is 249 g/mol. The number of hydrogen-bond donors (Lipinski definition) is 2. The van der Waals surface area contributed by atoms with Gasteiger partial charge in [-0.2, -0.15) is 12.6 Å². The lowest BCUT2D eigenvalue weighted by Gasteiger charge is -2.15.